The van der Waals surface area contributed by atoms with Crippen molar-refractivity contribution >= 4 is 33.8 Å². The highest BCUT2D eigenvalue weighted by Crippen LogP contribution is 2.35. The maximum Gasteiger partial charge on any atom is 0.200 e. The summed E-state index contributed by atoms with van der Waals surface area (Å²) < 4.78 is 3.25. The van der Waals surface area contributed by atoms with E-state index in [4.69, 9.17) is 12.2 Å². The molecule has 0 radical (unpaired) electrons. The second-order valence-electron chi connectivity index (χ2n) is 5.54. The minimum atomic E-state index is -0.0558. The lowest BCUT2D eigenvalue weighted by Crippen LogP contribution is -1.98. The molecule has 2 aromatic carbocycles. The van der Waals surface area contributed by atoms with Gasteiger partial charge in [-0.2, -0.15) is 5.10 Å². The highest BCUT2D eigenvalue weighted by molar-refractivity contribution is 7.71. The van der Waals surface area contributed by atoms with E-state index in [1.165, 1.54) is 6.07 Å². The Balaban J connectivity index is 1.95. The molecule has 0 atom stereocenters. The fraction of sp³-hybridized carbons (Fsp3) is 0.118. The number of nitrogens with zero attached hydrogens (tertiary/aromatic N) is 3. The Kier molecular flexibility index (Phi) is 3.78. The Morgan fingerprint density at radius 3 is 2.84 bits per heavy atom. The van der Waals surface area contributed by atoms with Crippen LogP contribution in [-0.2, 0) is 6.42 Å². The van der Waals surface area contributed by atoms with Gasteiger partial charge in [0.25, 0.3) is 0 Å². The lowest BCUT2D eigenvalue weighted by Gasteiger charge is -2.11. The second-order valence-corrected chi connectivity index (χ2v) is 6.82. The predicted molar refractivity (Wildman–Crippen MR) is 100 cm³/mol. The smallest absolute Gasteiger partial charge is 0.200 e. The van der Waals surface area contributed by atoms with Gasteiger partial charge in [0, 0.05) is 6.07 Å². The Hall–Kier alpha value is -2.71. The highest BCUT2D eigenvalue weighted by atomic mass is 32.1. The van der Waals surface area contributed by atoms with Crippen molar-refractivity contribution in [3.63, 3.8) is 0 Å². The van der Waals surface area contributed by atoms with Crippen LogP contribution in [0.4, 0.5) is 0 Å². The number of thiazole rings is 1. The summed E-state index contributed by atoms with van der Waals surface area (Å²) in [7, 11) is 0. The summed E-state index contributed by atoms with van der Waals surface area (Å²) in [6.07, 6.45) is 0.634. The maximum atomic E-state index is 10.3. The predicted octanol–water partition coefficient (Wildman–Crippen LogP) is 4.18. The Morgan fingerprint density at radius 2 is 2.04 bits per heavy atom. The number of fused-ring (bicyclic) bond motifs is 1. The molecule has 25 heavy (non-hydrogen) atoms. The summed E-state index contributed by atoms with van der Waals surface area (Å²) in [6, 6.07) is 8.91. The van der Waals surface area contributed by atoms with Crippen LogP contribution in [0.3, 0.4) is 0 Å². The third kappa shape index (κ3) is 2.59. The largest absolute Gasteiger partial charge is 0.508 e. The van der Waals surface area contributed by atoms with Crippen LogP contribution in [-0.4, -0.2) is 30.0 Å². The number of hydrogen-bond donors (Lipinski definition) is 3. The van der Waals surface area contributed by atoms with Gasteiger partial charge >= 0.3 is 0 Å². The van der Waals surface area contributed by atoms with Gasteiger partial charge in [0.2, 0.25) is 0 Å². The number of nitrogens with one attached hydrogen (secondary N) is 1. The molecule has 0 saturated heterocycles. The molecule has 2 aromatic heterocycles. The number of H-pyrrole nitrogens is 1. The molecule has 4 rings (SSSR count). The third-order valence-corrected chi connectivity index (χ3v) is 5.15. The Bertz CT molecular complexity index is 1140. The lowest BCUT2D eigenvalue weighted by atomic mass is 10.1. The molecular weight excluding hydrogens is 356 g/mol. The number of phenols is 2. The first-order valence-electron chi connectivity index (χ1n) is 7.64. The number of aromatic hydroxyl groups is 2. The SMILES string of the molecule is CCc1cc(-c2n[nH]c(=S)n2-c2ccc3scnc3c2)c(O)cc1O. The molecule has 0 unspecified atom stereocenters. The van der Waals surface area contributed by atoms with Crippen molar-refractivity contribution < 1.29 is 10.2 Å². The van der Waals surface area contributed by atoms with E-state index in [1.807, 2.05) is 25.1 Å². The van der Waals surface area contributed by atoms with Crippen molar-refractivity contribution in [1.82, 2.24) is 19.7 Å². The summed E-state index contributed by atoms with van der Waals surface area (Å²) in [5.74, 6) is 0.486. The van der Waals surface area contributed by atoms with E-state index in [2.05, 4.69) is 15.2 Å². The average Bonchev–Trinajstić information content (AvgIpc) is 3.20. The van der Waals surface area contributed by atoms with Crippen molar-refractivity contribution in [2.75, 3.05) is 0 Å². The van der Waals surface area contributed by atoms with E-state index in [9.17, 15) is 10.2 Å². The van der Waals surface area contributed by atoms with E-state index in [0.29, 0.717) is 22.6 Å². The zero-order chi connectivity index (χ0) is 17.6. The van der Waals surface area contributed by atoms with E-state index in [0.717, 1.165) is 21.5 Å². The molecule has 0 spiro atoms. The van der Waals surface area contributed by atoms with Gasteiger partial charge in [0.05, 0.1) is 27.0 Å². The fourth-order valence-corrected chi connectivity index (χ4v) is 3.68. The minimum absolute atomic E-state index is 0.0558. The van der Waals surface area contributed by atoms with Gasteiger partial charge in [-0.05, 0) is 48.5 Å². The van der Waals surface area contributed by atoms with Crippen LogP contribution < -0.4 is 0 Å². The molecule has 0 aliphatic carbocycles. The Morgan fingerprint density at radius 1 is 1.20 bits per heavy atom. The summed E-state index contributed by atoms with van der Waals surface area (Å²) in [4.78, 5) is 4.34. The van der Waals surface area contributed by atoms with Gasteiger partial charge in [-0.3, -0.25) is 9.67 Å². The summed E-state index contributed by atoms with van der Waals surface area (Å²) >= 11 is 6.95. The van der Waals surface area contributed by atoms with Crippen LogP contribution in [0.15, 0.2) is 35.8 Å². The number of aryl methyl sites for hydroxylation is 1. The van der Waals surface area contributed by atoms with Crippen molar-refractivity contribution in [2.45, 2.75) is 13.3 Å². The van der Waals surface area contributed by atoms with Crippen LogP contribution >= 0.6 is 23.6 Å². The highest BCUT2D eigenvalue weighted by Gasteiger charge is 2.17. The average molecular weight is 370 g/mol. The maximum absolute atomic E-state index is 10.3. The Labute approximate surface area is 152 Å². The lowest BCUT2D eigenvalue weighted by molar-refractivity contribution is 0.447. The molecule has 0 fully saturated rings. The number of benzene rings is 2. The minimum Gasteiger partial charge on any atom is -0.508 e. The van der Waals surface area contributed by atoms with Crippen LogP contribution in [0, 0.1) is 4.77 Å². The zero-order valence-corrected chi connectivity index (χ0v) is 14.9. The first kappa shape index (κ1) is 15.8. The third-order valence-electron chi connectivity index (χ3n) is 4.06. The number of aromatic amines is 1. The zero-order valence-electron chi connectivity index (χ0n) is 13.2. The molecule has 4 aromatic rings. The van der Waals surface area contributed by atoms with Gasteiger partial charge in [0.1, 0.15) is 11.5 Å². The summed E-state index contributed by atoms with van der Waals surface area (Å²) in [5.41, 5.74) is 4.70. The van der Waals surface area contributed by atoms with Crippen LogP contribution in [0.5, 0.6) is 11.5 Å². The standard InChI is InChI=1S/C17H14N4O2S2/c1-2-9-5-11(14(23)7-13(9)22)16-19-20-17(24)21(16)10-3-4-15-12(6-10)18-8-25-15/h3-8,22-23H,2H2,1H3,(H,20,24). The monoisotopic (exact) mass is 370 g/mol. The van der Waals surface area contributed by atoms with Crippen LogP contribution in [0.1, 0.15) is 12.5 Å². The normalized spacial score (nSPS) is 11.2. The molecule has 6 nitrogen and oxygen atoms in total. The first-order chi connectivity index (χ1) is 12.1. The molecule has 0 amide bonds. The second kappa shape index (κ2) is 5.98. The van der Waals surface area contributed by atoms with Crippen molar-refractivity contribution in [1.29, 1.82) is 0 Å². The molecule has 126 valence electrons. The number of rotatable bonds is 3. The summed E-state index contributed by atoms with van der Waals surface area (Å²) in [6.45, 7) is 1.93. The first-order valence-corrected chi connectivity index (χ1v) is 8.93. The van der Waals surface area contributed by atoms with Crippen molar-refractivity contribution in [2.24, 2.45) is 0 Å². The molecule has 0 bridgehead atoms. The molecule has 3 N–H and O–H groups in total. The molecule has 0 saturated carbocycles. The van der Waals surface area contributed by atoms with Crippen LogP contribution in [0.25, 0.3) is 27.3 Å². The van der Waals surface area contributed by atoms with E-state index in [1.54, 1.807) is 27.5 Å². The van der Waals surface area contributed by atoms with Gasteiger partial charge in [0.15, 0.2) is 10.6 Å². The molecular formula is C17H14N4O2S2. The summed E-state index contributed by atoms with van der Waals surface area (Å²) in [5, 5.41) is 27.3. The topological polar surface area (TPSA) is 87.0 Å². The van der Waals surface area contributed by atoms with Crippen molar-refractivity contribution in [3.8, 4) is 28.6 Å². The number of hydrogen-bond acceptors (Lipinski definition) is 6. The van der Waals surface area contributed by atoms with Gasteiger partial charge in [-0.25, -0.2) is 4.98 Å². The molecule has 0 aliphatic heterocycles. The van der Waals surface area contributed by atoms with E-state index in [-0.39, 0.29) is 11.5 Å². The van der Waals surface area contributed by atoms with E-state index >= 15 is 0 Å². The van der Waals surface area contributed by atoms with E-state index < -0.39 is 0 Å². The molecule has 8 heteroatoms. The van der Waals surface area contributed by atoms with Crippen LogP contribution in [0.2, 0.25) is 0 Å². The van der Waals surface area contributed by atoms with Gasteiger partial charge < -0.3 is 10.2 Å². The van der Waals surface area contributed by atoms with Crippen molar-refractivity contribution in [3.05, 3.63) is 46.2 Å². The van der Waals surface area contributed by atoms with Gasteiger partial charge in [-0.1, -0.05) is 6.92 Å². The number of phenolic OH excluding ortho intramolecular Hbond substituents is 2. The fourth-order valence-electron chi connectivity index (χ4n) is 2.79. The van der Waals surface area contributed by atoms with Gasteiger partial charge in [-0.15, -0.1) is 11.3 Å². The number of aromatic nitrogens is 4. The molecule has 0 aliphatic rings. The molecule has 2 heterocycles. The quantitative estimate of drug-likeness (QED) is 0.471.